The Balaban J connectivity index is 1.20. The largest absolute Gasteiger partial charge is 0.502 e. The lowest BCUT2D eigenvalue weighted by Crippen LogP contribution is -2.54. The Labute approximate surface area is 257 Å². The molecule has 7 atom stereocenters. The number of phenolic OH excluding ortho intramolecular Hbond substituents is 1. The maximum absolute atomic E-state index is 12.6. The second kappa shape index (κ2) is 11.9. The van der Waals surface area contributed by atoms with Gasteiger partial charge < -0.3 is 25.1 Å². The number of carbonyl (C=O) groups excluding carboxylic acids is 2. The number of carbonyl (C=O) groups is 2. The van der Waals surface area contributed by atoms with Gasteiger partial charge in [0.2, 0.25) is 0 Å². The predicted octanol–water partition coefficient (Wildman–Crippen LogP) is 4.20. The minimum atomic E-state index is -1.12. The first kappa shape index (κ1) is 31.5. The molecule has 44 heavy (non-hydrogen) atoms. The van der Waals surface area contributed by atoms with Gasteiger partial charge in [-0.2, -0.15) is 0 Å². The van der Waals surface area contributed by atoms with Crippen LogP contribution < -0.4 is 5.32 Å². The first-order valence-corrected chi connectivity index (χ1v) is 15.3. The third-order valence-corrected chi connectivity index (χ3v) is 11.2. The van der Waals surface area contributed by atoms with Gasteiger partial charge >= 0.3 is 11.7 Å². The van der Waals surface area contributed by atoms with Crippen molar-refractivity contribution in [1.29, 1.82) is 0 Å². The second-order valence-corrected chi connectivity index (χ2v) is 13.3. The number of terminal acetylenes is 1. The molecule has 0 spiro atoms. The van der Waals surface area contributed by atoms with Crippen LogP contribution in [0.15, 0.2) is 35.0 Å². The van der Waals surface area contributed by atoms with Crippen LogP contribution >= 0.6 is 0 Å². The number of rotatable bonds is 8. The molecule has 236 valence electrons. The standard InChI is InChI=1S/C33H41N3O8/c1-5-33(40)15-12-25-23-8-7-21-18-22(10-13-31(21,2)24(23)11-14-32(25,33)3)35-44-19-29(38)34-26(30(39)43-4)16-20-6-9-28(37)27(17-20)36(41)42/h1,6,9,17-18,23-26,37,40H,7-8,10-16,19H2,2-4H3,(H,34,38)/b35-22+/t23-,24+,25+,26+,31+,32+,33-/m1/s1. The summed E-state index contributed by atoms with van der Waals surface area (Å²) < 4.78 is 4.79. The van der Waals surface area contributed by atoms with Crippen LogP contribution in [0, 0.1) is 51.0 Å². The normalized spacial score (nSPS) is 33.9. The number of esters is 1. The summed E-state index contributed by atoms with van der Waals surface area (Å²) in [7, 11) is 1.18. The van der Waals surface area contributed by atoms with E-state index in [4.69, 9.17) is 16.0 Å². The van der Waals surface area contributed by atoms with Crippen molar-refractivity contribution >= 4 is 23.3 Å². The van der Waals surface area contributed by atoms with Crippen LogP contribution in [0.5, 0.6) is 5.75 Å². The number of aliphatic hydroxyl groups is 1. The average molecular weight is 608 g/mol. The van der Waals surface area contributed by atoms with Crippen molar-refractivity contribution in [2.75, 3.05) is 13.7 Å². The van der Waals surface area contributed by atoms with Crippen LogP contribution in [0.3, 0.4) is 0 Å². The van der Waals surface area contributed by atoms with E-state index in [0.29, 0.717) is 36.2 Å². The van der Waals surface area contributed by atoms with E-state index < -0.39 is 46.5 Å². The van der Waals surface area contributed by atoms with E-state index >= 15 is 0 Å². The number of nitrogens with zero attached hydrogens (tertiary/aromatic N) is 2. The van der Waals surface area contributed by atoms with Crippen LogP contribution in [-0.4, -0.2) is 58.1 Å². The summed E-state index contributed by atoms with van der Waals surface area (Å²) in [6.07, 6.45) is 15.1. The van der Waals surface area contributed by atoms with E-state index in [2.05, 4.69) is 36.3 Å². The SMILES string of the molecule is C#C[C@@]1(O)CC[C@H]2[C@@H]3CCC4=C/C(=N/OCC(=O)N[C@@H](Cc5ccc(O)c([N+](=O)[O-])c5)C(=O)OC)CC[C@]4(C)[C@H]3CC[C@@]21C. The second-order valence-electron chi connectivity index (χ2n) is 13.3. The Bertz CT molecular complexity index is 1450. The van der Waals surface area contributed by atoms with Crippen molar-refractivity contribution in [3.63, 3.8) is 0 Å². The highest BCUT2D eigenvalue weighted by Gasteiger charge is 2.63. The van der Waals surface area contributed by atoms with Crippen molar-refractivity contribution in [2.45, 2.75) is 83.3 Å². The highest BCUT2D eigenvalue weighted by atomic mass is 16.6. The molecule has 3 N–H and O–H groups in total. The Kier molecular flexibility index (Phi) is 8.51. The zero-order chi connectivity index (χ0) is 31.9. The van der Waals surface area contributed by atoms with Crippen LogP contribution in [0.25, 0.3) is 0 Å². The first-order chi connectivity index (χ1) is 20.8. The summed E-state index contributed by atoms with van der Waals surface area (Å²) in [6.45, 7) is 4.14. The van der Waals surface area contributed by atoms with Crippen molar-refractivity contribution in [3.8, 4) is 18.1 Å². The fourth-order valence-electron chi connectivity index (χ4n) is 8.72. The van der Waals surface area contributed by atoms with Crippen LogP contribution in [0.2, 0.25) is 0 Å². The van der Waals surface area contributed by atoms with Crippen molar-refractivity contribution < 1.29 is 34.3 Å². The lowest BCUT2D eigenvalue weighted by Gasteiger charge is -2.58. The van der Waals surface area contributed by atoms with E-state index in [1.165, 1.54) is 18.7 Å². The average Bonchev–Trinajstić information content (AvgIpc) is 3.27. The molecule has 3 saturated carbocycles. The van der Waals surface area contributed by atoms with Crippen LogP contribution in [0.1, 0.15) is 70.8 Å². The molecule has 11 nitrogen and oxygen atoms in total. The van der Waals surface area contributed by atoms with E-state index in [0.717, 1.165) is 56.4 Å². The molecule has 0 bridgehead atoms. The third-order valence-electron chi connectivity index (χ3n) is 11.2. The predicted molar refractivity (Wildman–Crippen MR) is 161 cm³/mol. The number of nitro benzene ring substituents is 1. The molecular weight excluding hydrogens is 566 g/mol. The lowest BCUT2D eigenvalue weighted by atomic mass is 9.46. The third kappa shape index (κ3) is 5.45. The van der Waals surface area contributed by atoms with Crippen LogP contribution in [0.4, 0.5) is 5.69 Å². The molecule has 5 rings (SSSR count). The van der Waals surface area contributed by atoms with Gasteiger partial charge in [0.1, 0.15) is 11.6 Å². The van der Waals surface area contributed by atoms with Crippen molar-refractivity contribution in [1.82, 2.24) is 5.32 Å². The van der Waals surface area contributed by atoms with Gasteiger partial charge in [-0.05, 0) is 92.2 Å². The molecule has 0 unspecified atom stereocenters. The zero-order valence-electron chi connectivity index (χ0n) is 25.5. The topological polar surface area (TPSA) is 161 Å². The van der Waals surface area contributed by atoms with E-state index in [9.17, 15) is 29.9 Å². The van der Waals surface area contributed by atoms with Crippen molar-refractivity contribution in [2.24, 2.45) is 33.7 Å². The van der Waals surface area contributed by atoms with E-state index in [1.807, 2.05) is 0 Å². The number of oxime groups is 1. The number of nitro groups is 1. The van der Waals surface area contributed by atoms with Gasteiger partial charge in [0.05, 0.1) is 17.7 Å². The smallest absolute Gasteiger partial charge is 0.328 e. The van der Waals surface area contributed by atoms with E-state index in [-0.39, 0.29) is 17.3 Å². The molecule has 0 aliphatic heterocycles. The van der Waals surface area contributed by atoms with Gasteiger partial charge in [-0.15, -0.1) is 6.42 Å². The number of phenols is 1. The van der Waals surface area contributed by atoms with E-state index in [1.54, 1.807) is 0 Å². The number of aromatic hydroxyl groups is 1. The lowest BCUT2D eigenvalue weighted by molar-refractivity contribution is -0.385. The minimum absolute atomic E-state index is 0.0501. The summed E-state index contributed by atoms with van der Waals surface area (Å²) in [4.78, 5) is 40.8. The molecule has 0 saturated heterocycles. The zero-order valence-corrected chi connectivity index (χ0v) is 25.5. The number of amides is 1. The van der Waals surface area contributed by atoms with Gasteiger partial charge in [0.25, 0.3) is 5.91 Å². The molecule has 1 amide bonds. The Morgan fingerprint density at radius 2 is 1.95 bits per heavy atom. The molecule has 0 radical (unpaired) electrons. The summed E-state index contributed by atoms with van der Waals surface area (Å²) in [5.41, 5.74) is 0.796. The number of benzene rings is 1. The molecule has 3 fully saturated rings. The highest BCUT2D eigenvalue weighted by Crippen LogP contribution is 2.67. The number of ether oxygens (including phenoxy) is 1. The molecule has 1 aromatic rings. The molecule has 1 aromatic carbocycles. The maximum Gasteiger partial charge on any atom is 0.328 e. The fourth-order valence-corrected chi connectivity index (χ4v) is 8.72. The molecule has 4 aliphatic rings. The van der Waals surface area contributed by atoms with Gasteiger partial charge in [0.15, 0.2) is 12.4 Å². The summed E-state index contributed by atoms with van der Waals surface area (Å²) in [5.74, 6) is 2.41. The maximum atomic E-state index is 12.6. The van der Waals surface area contributed by atoms with Crippen molar-refractivity contribution in [3.05, 3.63) is 45.5 Å². The fraction of sp³-hybridized carbons (Fsp3) is 0.606. The molecule has 4 aliphatic carbocycles. The number of hydrogen-bond acceptors (Lipinski definition) is 9. The Morgan fingerprint density at radius 1 is 1.20 bits per heavy atom. The summed E-state index contributed by atoms with van der Waals surface area (Å²) in [6, 6.07) is 2.63. The van der Waals surface area contributed by atoms with Gasteiger partial charge in [0, 0.05) is 17.9 Å². The van der Waals surface area contributed by atoms with Gasteiger partial charge in [-0.1, -0.05) is 36.6 Å². The molecule has 0 aromatic heterocycles. The van der Waals surface area contributed by atoms with Gasteiger partial charge in [-0.3, -0.25) is 14.9 Å². The summed E-state index contributed by atoms with van der Waals surface area (Å²) in [5, 5.41) is 38.9. The number of nitrogens with one attached hydrogen (secondary N) is 1. The molecular formula is C33H41N3O8. The van der Waals surface area contributed by atoms with Gasteiger partial charge in [-0.25, -0.2) is 4.79 Å². The number of methoxy groups -OCH3 is 1. The van der Waals surface area contributed by atoms with Crippen LogP contribution in [-0.2, 0) is 25.6 Å². The Hall–Kier alpha value is -3.91. The minimum Gasteiger partial charge on any atom is -0.502 e. The monoisotopic (exact) mass is 607 g/mol. The summed E-state index contributed by atoms with van der Waals surface area (Å²) >= 11 is 0. The highest BCUT2D eigenvalue weighted by molar-refractivity contribution is 5.96. The molecule has 11 heteroatoms. The number of allylic oxidation sites excluding steroid dienone is 2. The molecule has 0 heterocycles. The first-order valence-electron chi connectivity index (χ1n) is 15.3. The number of fused-ring (bicyclic) bond motifs is 5. The quantitative estimate of drug-likeness (QED) is 0.172. The Morgan fingerprint density at radius 3 is 2.66 bits per heavy atom. The number of hydrogen-bond donors (Lipinski definition) is 3.